The van der Waals surface area contributed by atoms with Crippen molar-refractivity contribution in [1.82, 2.24) is 0 Å². The molecule has 0 aliphatic carbocycles. The van der Waals surface area contributed by atoms with Gasteiger partial charge in [-0.25, -0.2) is 0 Å². The highest BCUT2D eigenvalue weighted by Crippen LogP contribution is 2.18. The molecule has 2 nitrogen and oxygen atoms in total. The molecule has 0 aromatic carbocycles. The normalized spacial score (nSPS) is 12.0. The molecule has 0 rings (SSSR count). The summed E-state index contributed by atoms with van der Waals surface area (Å²) in [5.74, 6) is 0. The van der Waals surface area contributed by atoms with Gasteiger partial charge in [-0.05, 0) is 38.5 Å². The summed E-state index contributed by atoms with van der Waals surface area (Å²) in [5.41, 5.74) is 0. The van der Waals surface area contributed by atoms with E-state index in [-0.39, 0.29) is 4.65 Å². The van der Waals surface area contributed by atoms with Crippen LogP contribution in [-0.2, 0) is 0 Å². The van der Waals surface area contributed by atoms with E-state index in [4.69, 9.17) is 0 Å². The molecular formula is C36H75NO. The zero-order valence-corrected chi connectivity index (χ0v) is 27.2. The van der Waals surface area contributed by atoms with E-state index in [0.717, 1.165) is 38.9 Å². The maximum absolute atomic E-state index is 13.7. The Morgan fingerprint density at radius 1 is 0.263 bits per heavy atom. The fourth-order valence-electron chi connectivity index (χ4n) is 6.00. The lowest BCUT2D eigenvalue weighted by molar-refractivity contribution is -0.881. The lowest BCUT2D eigenvalue weighted by atomic mass is 10.1. The number of unbranched alkanes of at least 4 members (excludes halogenated alkanes) is 27. The van der Waals surface area contributed by atoms with E-state index in [1.807, 2.05) is 0 Å². The van der Waals surface area contributed by atoms with Crippen LogP contribution in [0.2, 0.25) is 0 Å². The molecule has 0 N–H and O–H groups in total. The van der Waals surface area contributed by atoms with Crippen LogP contribution in [0, 0.1) is 5.21 Å². The van der Waals surface area contributed by atoms with Crippen LogP contribution in [0.3, 0.4) is 0 Å². The van der Waals surface area contributed by atoms with E-state index < -0.39 is 0 Å². The van der Waals surface area contributed by atoms with Gasteiger partial charge in [0.1, 0.15) is 0 Å². The summed E-state index contributed by atoms with van der Waals surface area (Å²) in [4.78, 5) is 0. The predicted molar refractivity (Wildman–Crippen MR) is 174 cm³/mol. The first-order valence-electron chi connectivity index (χ1n) is 18.3. The Bertz CT molecular complexity index is 364. The fourth-order valence-corrected chi connectivity index (χ4v) is 6.00. The van der Waals surface area contributed by atoms with Crippen LogP contribution in [-0.4, -0.2) is 24.3 Å². The molecule has 0 aliphatic rings. The lowest BCUT2D eigenvalue weighted by Gasteiger charge is -2.43. The maximum atomic E-state index is 13.7. The van der Waals surface area contributed by atoms with Crippen LogP contribution in [0.15, 0.2) is 0 Å². The third-order valence-electron chi connectivity index (χ3n) is 8.76. The van der Waals surface area contributed by atoms with Gasteiger partial charge in [-0.2, -0.15) is 0 Å². The van der Waals surface area contributed by atoms with Crippen LogP contribution in [0.4, 0.5) is 0 Å². The molecule has 2 heteroatoms. The van der Waals surface area contributed by atoms with Gasteiger partial charge in [-0.3, -0.25) is 0 Å². The molecule has 0 amide bonds. The Labute approximate surface area is 242 Å². The van der Waals surface area contributed by atoms with Crippen molar-refractivity contribution < 1.29 is 4.65 Å². The molecule has 0 aromatic heterocycles. The Kier molecular flexibility index (Phi) is 31.4. The summed E-state index contributed by atoms with van der Waals surface area (Å²) in [6.45, 7) is 9.52. The molecule has 0 unspecified atom stereocenters. The molecule has 0 aliphatic heterocycles. The first-order valence-corrected chi connectivity index (χ1v) is 18.3. The van der Waals surface area contributed by atoms with Crippen molar-refractivity contribution in [2.24, 2.45) is 0 Å². The lowest BCUT2D eigenvalue weighted by Crippen LogP contribution is -2.44. The topological polar surface area (TPSA) is 23.1 Å². The summed E-state index contributed by atoms with van der Waals surface area (Å²) in [6, 6.07) is 0. The monoisotopic (exact) mass is 538 g/mol. The molecule has 0 heterocycles. The SMILES string of the molecule is CCCCCCCCCCCC[N+]([O-])(CCCCCCCCCCCC)CCCCCCCCCCCC. The van der Waals surface area contributed by atoms with Crippen LogP contribution >= 0.6 is 0 Å². The van der Waals surface area contributed by atoms with Crippen LogP contribution in [0.5, 0.6) is 0 Å². The van der Waals surface area contributed by atoms with Gasteiger partial charge in [-0.1, -0.05) is 175 Å². The summed E-state index contributed by atoms with van der Waals surface area (Å²) in [5, 5.41) is 13.7. The average molecular weight is 538 g/mol. The largest absolute Gasteiger partial charge is 0.633 e. The second-order valence-corrected chi connectivity index (χ2v) is 12.8. The van der Waals surface area contributed by atoms with E-state index in [1.165, 1.54) is 173 Å². The fraction of sp³-hybridized carbons (Fsp3) is 1.00. The number of hydrogen-bond donors (Lipinski definition) is 0. The van der Waals surface area contributed by atoms with Crippen molar-refractivity contribution in [2.45, 2.75) is 213 Å². The van der Waals surface area contributed by atoms with Crippen LogP contribution in [0.1, 0.15) is 213 Å². The van der Waals surface area contributed by atoms with Gasteiger partial charge in [-0.15, -0.1) is 0 Å². The Hall–Kier alpha value is -0.0800. The Morgan fingerprint density at radius 3 is 0.605 bits per heavy atom. The highest BCUT2D eigenvalue weighted by atomic mass is 16.5. The zero-order chi connectivity index (χ0) is 27.8. The molecule has 230 valence electrons. The molecule has 0 bridgehead atoms. The molecule has 0 radical (unpaired) electrons. The summed E-state index contributed by atoms with van der Waals surface area (Å²) in [7, 11) is 0. The third-order valence-corrected chi connectivity index (χ3v) is 8.76. The van der Waals surface area contributed by atoms with E-state index in [9.17, 15) is 5.21 Å². The van der Waals surface area contributed by atoms with Gasteiger partial charge in [0.25, 0.3) is 0 Å². The zero-order valence-electron chi connectivity index (χ0n) is 27.2. The third kappa shape index (κ3) is 28.9. The highest BCUT2D eigenvalue weighted by molar-refractivity contribution is 4.54. The summed E-state index contributed by atoms with van der Waals surface area (Å²) >= 11 is 0. The van der Waals surface area contributed by atoms with E-state index in [0.29, 0.717) is 0 Å². The molecule has 0 saturated heterocycles. The highest BCUT2D eigenvalue weighted by Gasteiger charge is 2.16. The minimum absolute atomic E-state index is 0.116. The quantitative estimate of drug-likeness (QED) is 0.0463. The molecule has 0 aromatic rings. The Morgan fingerprint density at radius 2 is 0.421 bits per heavy atom. The standard InChI is InChI=1S/C36H75NO/c1-4-7-10-13-16-19-22-25-28-31-34-37(38,35-32-29-26-23-20-17-14-11-8-5-2)36-33-30-27-24-21-18-15-12-9-6-3/h4-36H2,1-3H3. The van der Waals surface area contributed by atoms with Gasteiger partial charge in [0, 0.05) is 0 Å². The second kappa shape index (κ2) is 31.4. The molecule has 38 heavy (non-hydrogen) atoms. The molecule has 0 spiro atoms. The summed E-state index contributed by atoms with van der Waals surface area (Å²) in [6.07, 6.45) is 40.6. The van der Waals surface area contributed by atoms with E-state index in [2.05, 4.69) is 20.8 Å². The molecule has 0 atom stereocenters. The Balaban J connectivity index is 4.06. The first kappa shape index (κ1) is 37.9. The second-order valence-electron chi connectivity index (χ2n) is 12.8. The van der Waals surface area contributed by atoms with Crippen LogP contribution in [0.25, 0.3) is 0 Å². The molecule has 0 fully saturated rings. The van der Waals surface area contributed by atoms with E-state index >= 15 is 0 Å². The van der Waals surface area contributed by atoms with Gasteiger partial charge in [0.05, 0.1) is 19.6 Å². The summed E-state index contributed by atoms with van der Waals surface area (Å²) < 4.78 is 0.116. The number of rotatable bonds is 33. The van der Waals surface area contributed by atoms with Crippen molar-refractivity contribution in [3.05, 3.63) is 5.21 Å². The van der Waals surface area contributed by atoms with E-state index in [1.54, 1.807) is 0 Å². The van der Waals surface area contributed by atoms with Gasteiger partial charge in [0.2, 0.25) is 0 Å². The number of quaternary nitrogens is 1. The molecular weight excluding hydrogens is 462 g/mol. The minimum Gasteiger partial charge on any atom is -0.633 e. The number of hydroxylamine groups is 3. The van der Waals surface area contributed by atoms with Crippen molar-refractivity contribution in [3.63, 3.8) is 0 Å². The van der Waals surface area contributed by atoms with Crippen molar-refractivity contribution in [2.75, 3.05) is 19.6 Å². The minimum atomic E-state index is 0.116. The van der Waals surface area contributed by atoms with Gasteiger partial charge in [0.15, 0.2) is 0 Å². The van der Waals surface area contributed by atoms with Gasteiger partial charge < -0.3 is 9.85 Å². The predicted octanol–water partition coefficient (Wildman–Crippen LogP) is 13.1. The van der Waals surface area contributed by atoms with Gasteiger partial charge >= 0.3 is 0 Å². The number of nitrogens with zero attached hydrogens (tertiary/aromatic N) is 1. The first-order chi connectivity index (χ1) is 18.7. The molecule has 0 saturated carbocycles. The smallest absolute Gasteiger partial charge is 0.0783 e. The maximum Gasteiger partial charge on any atom is 0.0783 e. The van der Waals surface area contributed by atoms with Crippen molar-refractivity contribution >= 4 is 0 Å². The van der Waals surface area contributed by atoms with Crippen molar-refractivity contribution in [3.8, 4) is 0 Å². The van der Waals surface area contributed by atoms with Crippen LogP contribution < -0.4 is 0 Å². The van der Waals surface area contributed by atoms with Crippen molar-refractivity contribution in [1.29, 1.82) is 0 Å². The average Bonchev–Trinajstić information content (AvgIpc) is 2.92. The number of hydrogen-bond acceptors (Lipinski definition) is 1.